The minimum Gasteiger partial charge on any atom is -0.476 e. The molecule has 0 spiro atoms. The van der Waals surface area contributed by atoms with Gasteiger partial charge in [0.1, 0.15) is 0 Å². The van der Waals surface area contributed by atoms with Crippen molar-refractivity contribution in [3.8, 4) is 0 Å². The third-order valence-electron chi connectivity index (χ3n) is 2.33. The molecule has 2 rings (SSSR count). The average Bonchev–Trinajstić information content (AvgIpc) is 2.68. The molecule has 1 aliphatic rings. The van der Waals surface area contributed by atoms with E-state index in [0.29, 0.717) is 5.92 Å². The molecule has 0 radical (unpaired) electrons. The summed E-state index contributed by atoms with van der Waals surface area (Å²) in [5.41, 5.74) is 0. The predicted molar refractivity (Wildman–Crippen MR) is 58.4 cm³/mol. The molecule has 5 heteroatoms. The van der Waals surface area contributed by atoms with Crippen molar-refractivity contribution in [1.82, 2.24) is 4.98 Å². The predicted octanol–water partition coefficient (Wildman–Crippen LogP) is 2.45. The summed E-state index contributed by atoms with van der Waals surface area (Å²) in [6, 6.07) is 0. The molecule has 2 heterocycles. The number of aromatic nitrogens is 1. The van der Waals surface area contributed by atoms with Crippen LogP contribution < -0.4 is 0 Å². The number of carboxylic acids is 1. The number of hydrogen-bond acceptors (Lipinski definition) is 4. The maximum Gasteiger partial charge on any atom is 0.365 e. The summed E-state index contributed by atoms with van der Waals surface area (Å²) < 4.78 is 0. The lowest BCUT2D eigenvalue weighted by Gasteiger charge is -2.19. The van der Waals surface area contributed by atoms with Crippen LogP contribution >= 0.6 is 23.1 Å². The quantitative estimate of drug-likeness (QED) is 0.846. The molecular formula is C9H11NO2S2. The Morgan fingerprint density at radius 3 is 2.79 bits per heavy atom. The van der Waals surface area contributed by atoms with E-state index in [-0.39, 0.29) is 5.01 Å². The number of carboxylic acid groups (broad SMARTS) is 1. The van der Waals surface area contributed by atoms with Crippen molar-refractivity contribution < 1.29 is 9.90 Å². The highest BCUT2D eigenvalue weighted by molar-refractivity contribution is 7.99. The Morgan fingerprint density at radius 2 is 2.21 bits per heavy atom. The zero-order chi connectivity index (χ0) is 9.97. The van der Waals surface area contributed by atoms with Crippen molar-refractivity contribution in [3.63, 3.8) is 0 Å². The van der Waals surface area contributed by atoms with E-state index >= 15 is 0 Å². The van der Waals surface area contributed by atoms with E-state index in [0.717, 1.165) is 17.7 Å². The first-order valence-corrected chi connectivity index (χ1v) is 6.51. The van der Waals surface area contributed by atoms with Crippen LogP contribution in [0.1, 0.15) is 33.4 Å². The molecule has 14 heavy (non-hydrogen) atoms. The average molecular weight is 229 g/mol. The molecule has 1 saturated heterocycles. The lowest BCUT2D eigenvalue weighted by molar-refractivity contribution is 0.0696. The second-order valence-electron chi connectivity index (χ2n) is 3.26. The summed E-state index contributed by atoms with van der Waals surface area (Å²) in [6.45, 7) is 0. The zero-order valence-corrected chi connectivity index (χ0v) is 9.24. The van der Waals surface area contributed by atoms with E-state index in [1.165, 1.54) is 22.8 Å². The first-order valence-electron chi connectivity index (χ1n) is 4.54. The van der Waals surface area contributed by atoms with Gasteiger partial charge in [0.15, 0.2) is 0 Å². The normalized spacial score (nSPS) is 18.3. The second-order valence-corrected chi connectivity index (χ2v) is 5.55. The van der Waals surface area contributed by atoms with Crippen molar-refractivity contribution in [2.45, 2.75) is 18.8 Å². The number of rotatable bonds is 2. The van der Waals surface area contributed by atoms with Gasteiger partial charge in [-0.1, -0.05) is 0 Å². The summed E-state index contributed by atoms with van der Waals surface area (Å²) in [5.74, 6) is 2.00. The Labute approximate surface area is 90.6 Å². The number of carbonyl (C=O) groups is 1. The number of aromatic carboxylic acids is 1. The number of thiazole rings is 1. The van der Waals surface area contributed by atoms with Crippen LogP contribution in [0, 0.1) is 0 Å². The molecule has 1 aliphatic heterocycles. The molecule has 0 bridgehead atoms. The van der Waals surface area contributed by atoms with Crippen LogP contribution in [0.2, 0.25) is 0 Å². The fourth-order valence-corrected chi connectivity index (χ4v) is 3.59. The van der Waals surface area contributed by atoms with Gasteiger partial charge in [0.25, 0.3) is 0 Å². The standard InChI is InChI=1S/C9H11NO2S2/c11-9(12)8-10-5-7(14-8)6-1-3-13-4-2-6/h5-6H,1-4H2,(H,11,12). The van der Waals surface area contributed by atoms with Crippen molar-refractivity contribution in [2.75, 3.05) is 11.5 Å². The molecule has 1 fully saturated rings. The van der Waals surface area contributed by atoms with Crippen molar-refractivity contribution in [3.05, 3.63) is 16.1 Å². The van der Waals surface area contributed by atoms with Gasteiger partial charge in [-0.25, -0.2) is 9.78 Å². The second kappa shape index (κ2) is 4.31. The first kappa shape index (κ1) is 9.98. The van der Waals surface area contributed by atoms with E-state index < -0.39 is 5.97 Å². The summed E-state index contributed by atoms with van der Waals surface area (Å²) in [6.07, 6.45) is 4.05. The van der Waals surface area contributed by atoms with E-state index in [1.807, 2.05) is 11.8 Å². The van der Waals surface area contributed by atoms with Crippen molar-refractivity contribution in [1.29, 1.82) is 0 Å². The van der Waals surface area contributed by atoms with Gasteiger partial charge in [-0.15, -0.1) is 11.3 Å². The van der Waals surface area contributed by atoms with Gasteiger partial charge < -0.3 is 5.11 Å². The summed E-state index contributed by atoms with van der Waals surface area (Å²) in [4.78, 5) is 15.7. The van der Waals surface area contributed by atoms with Gasteiger partial charge in [0.2, 0.25) is 5.01 Å². The molecule has 76 valence electrons. The fraction of sp³-hybridized carbons (Fsp3) is 0.556. The molecular weight excluding hydrogens is 218 g/mol. The molecule has 1 N–H and O–H groups in total. The number of thioether (sulfide) groups is 1. The topological polar surface area (TPSA) is 50.2 Å². The van der Waals surface area contributed by atoms with Crippen LogP contribution in [0.5, 0.6) is 0 Å². The van der Waals surface area contributed by atoms with Gasteiger partial charge in [0, 0.05) is 11.1 Å². The molecule has 0 atom stereocenters. The Hall–Kier alpha value is -0.550. The van der Waals surface area contributed by atoms with Gasteiger partial charge in [0.05, 0.1) is 0 Å². The molecule has 0 unspecified atom stereocenters. The van der Waals surface area contributed by atoms with Crippen molar-refractivity contribution in [2.24, 2.45) is 0 Å². The third kappa shape index (κ3) is 2.09. The summed E-state index contributed by atoms with van der Waals surface area (Å²) in [7, 11) is 0. The maximum atomic E-state index is 10.6. The Morgan fingerprint density at radius 1 is 1.50 bits per heavy atom. The molecule has 3 nitrogen and oxygen atoms in total. The first-order chi connectivity index (χ1) is 6.77. The maximum absolute atomic E-state index is 10.6. The third-order valence-corrected chi connectivity index (χ3v) is 4.53. The molecule has 1 aromatic heterocycles. The van der Waals surface area contributed by atoms with Crippen LogP contribution in [0.3, 0.4) is 0 Å². The SMILES string of the molecule is O=C(O)c1ncc(C2CCSCC2)s1. The van der Waals surface area contributed by atoms with E-state index in [4.69, 9.17) is 5.11 Å². The van der Waals surface area contributed by atoms with Gasteiger partial charge >= 0.3 is 5.97 Å². The number of nitrogens with zero attached hydrogens (tertiary/aromatic N) is 1. The minimum atomic E-state index is -0.911. The zero-order valence-electron chi connectivity index (χ0n) is 7.60. The van der Waals surface area contributed by atoms with E-state index in [2.05, 4.69) is 4.98 Å². The smallest absolute Gasteiger partial charge is 0.365 e. The lowest BCUT2D eigenvalue weighted by atomic mass is 10.0. The Balaban J connectivity index is 2.11. The molecule has 1 aromatic rings. The highest BCUT2D eigenvalue weighted by Crippen LogP contribution is 2.34. The van der Waals surface area contributed by atoms with Crippen LogP contribution in [0.15, 0.2) is 6.20 Å². The van der Waals surface area contributed by atoms with Crippen LogP contribution in [0.4, 0.5) is 0 Å². The Kier molecular flexibility index (Phi) is 3.08. The van der Waals surface area contributed by atoms with E-state index in [9.17, 15) is 4.79 Å². The molecule has 0 saturated carbocycles. The number of hydrogen-bond donors (Lipinski definition) is 1. The summed E-state index contributed by atoms with van der Waals surface area (Å²) >= 11 is 3.30. The largest absolute Gasteiger partial charge is 0.476 e. The van der Waals surface area contributed by atoms with Gasteiger partial charge in [-0.05, 0) is 30.3 Å². The minimum absolute atomic E-state index is 0.221. The molecule has 0 amide bonds. The van der Waals surface area contributed by atoms with E-state index in [1.54, 1.807) is 6.20 Å². The highest BCUT2D eigenvalue weighted by atomic mass is 32.2. The lowest BCUT2D eigenvalue weighted by Crippen LogP contribution is -2.05. The Bertz CT molecular complexity index is 331. The molecule has 0 aliphatic carbocycles. The van der Waals surface area contributed by atoms with Crippen molar-refractivity contribution >= 4 is 29.1 Å². The highest BCUT2D eigenvalue weighted by Gasteiger charge is 2.19. The van der Waals surface area contributed by atoms with Crippen LogP contribution in [0.25, 0.3) is 0 Å². The van der Waals surface area contributed by atoms with Gasteiger partial charge in [-0.3, -0.25) is 0 Å². The monoisotopic (exact) mass is 229 g/mol. The van der Waals surface area contributed by atoms with Crippen LogP contribution in [-0.4, -0.2) is 27.6 Å². The molecule has 0 aromatic carbocycles. The van der Waals surface area contributed by atoms with Gasteiger partial charge in [-0.2, -0.15) is 11.8 Å². The summed E-state index contributed by atoms with van der Waals surface area (Å²) in [5, 5.41) is 8.96. The van der Waals surface area contributed by atoms with Crippen LogP contribution in [-0.2, 0) is 0 Å². The fourth-order valence-electron chi connectivity index (χ4n) is 1.56.